The number of nitrogens with one attached hydrogen (secondary N) is 1. The zero-order valence-corrected chi connectivity index (χ0v) is 25.4. The van der Waals surface area contributed by atoms with Crippen molar-refractivity contribution in [2.24, 2.45) is 33.4 Å². The fourth-order valence-electron chi connectivity index (χ4n) is 6.62. The second kappa shape index (κ2) is 10.8. The van der Waals surface area contributed by atoms with Gasteiger partial charge in [-0.25, -0.2) is 9.67 Å². The fourth-order valence-corrected chi connectivity index (χ4v) is 7.07. The highest BCUT2D eigenvalue weighted by Gasteiger charge is 2.63. The molecule has 2 aliphatic heterocycles. The van der Waals surface area contributed by atoms with Crippen molar-refractivity contribution in [3.63, 3.8) is 0 Å². The van der Waals surface area contributed by atoms with Crippen LogP contribution in [0.15, 0.2) is 40.5 Å². The Balaban J connectivity index is 1.38. The maximum absolute atomic E-state index is 13.3. The van der Waals surface area contributed by atoms with E-state index in [9.17, 15) is 4.79 Å². The van der Waals surface area contributed by atoms with Crippen molar-refractivity contribution in [3.8, 4) is 11.7 Å². The molecule has 0 aromatic carbocycles. The SMILES string of the molecule is CC1(C)CC2CCCN=C/C=C(\N)SNC(=O)c3ccc(-n4ccc(OCCC5C(C)(C)C5(C)C)n4)nc3N1C2. The van der Waals surface area contributed by atoms with Gasteiger partial charge in [-0.1, -0.05) is 27.7 Å². The van der Waals surface area contributed by atoms with E-state index in [2.05, 4.69) is 61.3 Å². The minimum absolute atomic E-state index is 0.152. The lowest BCUT2D eigenvalue weighted by Crippen LogP contribution is -2.40. The van der Waals surface area contributed by atoms with Crippen LogP contribution in [0.1, 0.15) is 77.6 Å². The topological polar surface area (TPSA) is 111 Å². The molecule has 1 saturated heterocycles. The zero-order valence-electron chi connectivity index (χ0n) is 24.6. The molecule has 0 spiro atoms. The molecular formula is C30H43N7O2S. The van der Waals surface area contributed by atoms with Crippen molar-refractivity contribution < 1.29 is 9.53 Å². The third-order valence-corrected chi connectivity index (χ3v) is 10.3. The molecular weight excluding hydrogens is 522 g/mol. The van der Waals surface area contributed by atoms with Crippen molar-refractivity contribution >= 4 is 29.9 Å². The molecule has 40 heavy (non-hydrogen) atoms. The number of hydrogen-bond donors (Lipinski definition) is 2. The van der Waals surface area contributed by atoms with Crippen LogP contribution < -0.4 is 20.1 Å². The summed E-state index contributed by atoms with van der Waals surface area (Å²) in [5, 5.41) is 5.12. The van der Waals surface area contributed by atoms with E-state index >= 15 is 0 Å². The summed E-state index contributed by atoms with van der Waals surface area (Å²) in [4.78, 5) is 25.1. The Bertz CT molecular complexity index is 1300. The van der Waals surface area contributed by atoms with Gasteiger partial charge in [0.25, 0.3) is 5.91 Å². The largest absolute Gasteiger partial charge is 0.477 e. The number of nitrogens with zero attached hydrogens (tertiary/aromatic N) is 5. The highest BCUT2D eigenvalue weighted by molar-refractivity contribution is 8.01. The van der Waals surface area contributed by atoms with Gasteiger partial charge in [-0.05, 0) is 80.4 Å². The van der Waals surface area contributed by atoms with Crippen LogP contribution in [0.2, 0.25) is 0 Å². The quantitative estimate of drug-likeness (QED) is 0.469. The Morgan fingerprint density at radius 3 is 2.67 bits per heavy atom. The highest BCUT2D eigenvalue weighted by atomic mass is 32.2. The first kappa shape index (κ1) is 28.5. The van der Waals surface area contributed by atoms with E-state index in [-0.39, 0.29) is 11.4 Å². The number of fused-ring (bicyclic) bond motifs is 4. The summed E-state index contributed by atoms with van der Waals surface area (Å²) < 4.78 is 10.6. The Morgan fingerprint density at radius 2 is 1.93 bits per heavy atom. The molecule has 10 heteroatoms. The van der Waals surface area contributed by atoms with Gasteiger partial charge in [0.1, 0.15) is 5.82 Å². The number of nitrogens with two attached hydrogens (primary N) is 1. The summed E-state index contributed by atoms with van der Waals surface area (Å²) in [6, 6.07) is 5.53. The summed E-state index contributed by atoms with van der Waals surface area (Å²) in [5.74, 6) is 2.79. The maximum Gasteiger partial charge on any atom is 0.265 e. The normalized spacial score (nSPS) is 25.2. The number of anilines is 1. The van der Waals surface area contributed by atoms with Gasteiger partial charge in [0, 0.05) is 49.1 Å². The summed E-state index contributed by atoms with van der Waals surface area (Å²) in [6.45, 7) is 16.0. The number of rotatable bonds is 5. The Kier molecular flexibility index (Phi) is 7.67. The average Bonchev–Trinajstić information content (AvgIpc) is 3.30. The van der Waals surface area contributed by atoms with Crippen LogP contribution in [0, 0.1) is 22.7 Å². The van der Waals surface area contributed by atoms with Crippen molar-refractivity contribution in [2.75, 3.05) is 24.6 Å². The van der Waals surface area contributed by atoms with E-state index in [1.807, 2.05) is 24.4 Å². The van der Waals surface area contributed by atoms with E-state index in [4.69, 9.17) is 15.5 Å². The number of amides is 1. The lowest BCUT2D eigenvalue weighted by molar-refractivity contribution is 0.0984. The molecule has 3 N–H and O–H groups in total. The monoisotopic (exact) mass is 565 g/mol. The number of pyridine rings is 1. The van der Waals surface area contributed by atoms with Crippen LogP contribution >= 0.6 is 11.9 Å². The minimum Gasteiger partial charge on any atom is -0.477 e. The lowest BCUT2D eigenvalue weighted by atomic mass is 9.93. The zero-order chi connectivity index (χ0) is 28.7. The first-order chi connectivity index (χ1) is 18.9. The third-order valence-electron chi connectivity index (χ3n) is 9.60. The molecule has 4 heterocycles. The molecule has 3 aliphatic rings. The van der Waals surface area contributed by atoms with Crippen LogP contribution in [0.3, 0.4) is 0 Å². The van der Waals surface area contributed by atoms with E-state index in [1.54, 1.807) is 17.0 Å². The van der Waals surface area contributed by atoms with Gasteiger partial charge in [-0.15, -0.1) is 5.10 Å². The highest BCUT2D eigenvalue weighted by Crippen LogP contribution is 2.69. The Hall–Kier alpha value is -3.01. The first-order valence-electron chi connectivity index (χ1n) is 14.3. The van der Waals surface area contributed by atoms with Crippen molar-refractivity contribution in [2.45, 2.75) is 72.8 Å². The summed E-state index contributed by atoms with van der Waals surface area (Å²) in [7, 11) is 0. The smallest absolute Gasteiger partial charge is 0.265 e. The van der Waals surface area contributed by atoms with Crippen LogP contribution in [0.25, 0.3) is 5.82 Å². The van der Waals surface area contributed by atoms with Gasteiger partial charge in [0.2, 0.25) is 5.88 Å². The molecule has 2 aromatic heterocycles. The first-order valence-corrected chi connectivity index (χ1v) is 15.1. The van der Waals surface area contributed by atoms with Crippen LogP contribution in [0.4, 0.5) is 5.82 Å². The number of aliphatic imine (C=N–C) groups is 1. The number of hydrogen-bond acceptors (Lipinski definition) is 8. The summed E-state index contributed by atoms with van der Waals surface area (Å²) in [5.41, 5.74) is 7.10. The van der Waals surface area contributed by atoms with E-state index in [0.29, 0.717) is 57.4 Å². The molecule has 1 aliphatic carbocycles. The molecule has 5 rings (SSSR count). The molecule has 0 radical (unpaired) electrons. The minimum atomic E-state index is -0.239. The van der Waals surface area contributed by atoms with Gasteiger partial charge in [-0.2, -0.15) is 0 Å². The standard InChI is InChI=1S/C30H43N7O2S/c1-28(2)18-20-8-7-14-32-15-11-23(31)40-35-27(38)21-9-10-24(33-26(21)36(28)19-20)37-16-12-25(34-37)39-17-13-22-29(3,4)30(22,5)6/h9-12,15-16,20,22H,7-8,13-14,17-19,31H2,1-6H3,(H,35,38)/b23-11+,32-15?. The van der Waals surface area contributed by atoms with Gasteiger partial charge in [-0.3, -0.25) is 14.5 Å². The van der Waals surface area contributed by atoms with Gasteiger partial charge in [0.05, 0.1) is 17.2 Å². The van der Waals surface area contributed by atoms with Gasteiger partial charge >= 0.3 is 0 Å². The molecule has 2 bridgehead atoms. The molecule has 1 atom stereocenters. The van der Waals surface area contributed by atoms with E-state index < -0.39 is 0 Å². The van der Waals surface area contributed by atoms with E-state index in [1.165, 1.54) is 0 Å². The molecule has 9 nitrogen and oxygen atoms in total. The van der Waals surface area contributed by atoms with Crippen LogP contribution in [-0.4, -0.2) is 52.1 Å². The number of carbonyl (C=O) groups excluding carboxylic acids is 1. The predicted octanol–water partition coefficient (Wildman–Crippen LogP) is 5.37. The molecule has 1 saturated carbocycles. The molecule has 1 amide bonds. The molecule has 216 valence electrons. The van der Waals surface area contributed by atoms with Gasteiger partial charge < -0.3 is 15.4 Å². The van der Waals surface area contributed by atoms with E-state index in [0.717, 1.165) is 50.7 Å². The molecule has 2 aromatic rings. The average molecular weight is 566 g/mol. The summed E-state index contributed by atoms with van der Waals surface area (Å²) in [6.07, 6.45) is 9.41. The van der Waals surface area contributed by atoms with Gasteiger partial charge in [0.15, 0.2) is 5.82 Å². The summed E-state index contributed by atoms with van der Waals surface area (Å²) >= 11 is 1.08. The third kappa shape index (κ3) is 5.60. The number of aromatic nitrogens is 3. The number of carbonyl (C=O) groups is 1. The molecule has 1 unspecified atom stereocenters. The lowest BCUT2D eigenvalue weighted by Gasteiger charge is -2.34. The van der Waals surface area contributed by atoms with Crippen LogP contribution in [0.5, 0.6) is 5.88 Å². The second-order valence-corrected chi connectivity index (χ2v) is 13.9. The predicted molar refractivity (Wildman–Crippen MR) is 162 cm³/mol. The number of ether oxygens (including phenoxy) is 1. The Labute approximate surface area is 242 Å². The van der Waals surface area contributed by atoms with Crippen LogP contribution in [-0.2, 0) is 0 Å². The Morgan fingerprint density at radius 1 is 1.15 bits per heavy atom. The van der Waals surface area contributed by atoms with Crippen molar-refractivity contribution in [3.05, 3.63) is 41.1 Å². The van der Waals surface area contributed by atoms with Crippen molar-refractivity contribution in [1.29, 1.82) is 0 Å². The second-order valence-electron chi connectivity index (χ2n) is 13.1. The number of allylic oxidation sites excluding steroid dienone is 1. The molecule has 2 fully saturated rings. The fraction of sp³-hybridized carbons (Fsp3) is 0.600. The maximum atomic E-state index is 13.3. The van der Waals surface area contributed by atoms with Crippen molar-refractivity contribution in [1.82, 2.24) is 19.5 Å².